The molecule has 0 aliphatic rings. The zero-order chi connectivity index (χ0) is 24.4. The number of hydrogen-bond acceptors (Lipinski definition) is 10. The average molecular weight is 461 g/mol. The van der Waals surface area contributed by atoms with Gasteiger partial charge in [-0.3, -0.25) is 19.2 Å². The molecule has 0 radical (unpaired) electrons. The van der Waals surface area contributed by atoms with Gasteiger partial charge in [0, 0.05) is 0 Å². The van der Waals surface area contributed by atoms with Crippen LogP contribution in [0.1, 0.15) is 60.3 Å². The van der Waals surface area contributed by atoms with Gasteiger partial charge in [-0.05, 0) is 59.5 Å². The lowest BCUT2D eigenvalue weighted by molar-refractivity contribution is -0.152. The quantitative estimate of drug-likeness (QED) is 0.176. The zero-order valence-corrected chi connectivity index (χ0v) is 20.1. The molecule has 0 aromatic carbocycles. The highest BCUT2D eigenvalue weighted by Crippen LogP contribution is 2.07. The van der Waals surface area contributed by atoms with Gasteiger partial charge in [0.1, 0.15) is 12.1 Å². The van der Waals surface area contributed by atoms with Gasteiger partial charge in [-0.25, -0.2) is 0 Å². The number of nitrogens with one attached hydrogen (secondary N) is 2. The second kappa shape index (κ2) is 18.4. The minimum absolute atomic E-state index is 0.0845. The molecule has 32 heavy (non-hydrogen) atoms. The molecule has 1 unspecified atom stereocenters. The van der Waals surface area contributed by atoms with Crippen molar-refractivity contribution in [2.75, 3.05) is 39.5 Å². The molecule has 0 heterocycles. The molecular formula is C22H40N2O8. The predicted octanol–water partition coefficient (Wildman–Crippen LogP) is 1.35. The fourth-order valence-electron chi connectivity index (χ4n) is 2.91. The van der Waals surface area contributed by atoms with Crippen LogP contribution in [0.25, 0.3) is 0 Å². The van der Waals surface area contributed by atoms with Gasteiger partial charge in [0.2, 0.25) is 0 Å². The Balaban J connectivity index is 4.50. The van der Waals surface area contributed by atoms with Crippen LogP contribution in [0.15, 0.2) is 0 Å². The highest BCUT2D eigenvalue weighted by atomic mass is 16.5. The van der Waals surface area contributed by atoms with Gasteiger partial charge >= 0.3 is 23.9 Å². The van der Waals surface area contributed by atoms with Crippen LogP contribution in [-0.2, 0) is 38.1 Å². The normalized spacial score (nSPS) is 13.5. The first-order chi connectivity index (χ1) is 15.3. The van der Waals surface area contributed by atoms with Crippen LogP contribution in [0.2, 0.25) is 0 Å². The van der Waals surface area contributed by atoms with E-state index < -0.39 is 36.0 Å². The summed E-state index contributed by atoms with van der Waals surface area (Å²) in [6.45, 7) is 10.8. The van der Waals surface area contributed by atoms with E-state index in [2.05, 4.69) is 10.6 Å². The van der Waals surface area contributed by atoms with Gasteiger partial charge in [0.05, 0.1) is 39.3 Å². The predicted molar refractivity (Wildman–Crippen MR) is 118 cm³/mol. The number of rotatable bonds is 18. The van der Waals surface area contributed by atoms with E-state index in [0.717, 1.165) is 12.8 Å². The van der Waals surface area contributed by atoms with E-state index in [4.69, 9.17) is 18.9 Å². The first kappa shape index (κ1) is 29.8. The minimum atomic E-state index is -0.757. The van der Waals surface area contributed by atoms with E-state index >= 15 is 0 Å². The molecule has 3 atom stereocenters. The Bertz CT molecular complexity index is 570. The topological polar surface area (TPSA) is 129 Å². The van der Waals surface area contributed by atoms with Crippen molar-refractivity contribution in [3.8, 4) is 0 Å². The molecule has 0 fully saturated rings. The lowest BCUT2D eigenvalue weighted by atomic mass is 10.0. The maximum Gasteiger partial charge on any atom is 0.323 e. The zero-order valence-electron chi connectivity index (χ0n) is 20.1. The lowest BCUT2D eigenvalue weighted by Crippen LogP contribution is -2.42. The number of carbonyl (C=O) groups is 4. The molecule has 0 saturated carbocycles. The maximum atomic E-state index is 12.1. The number of hydrogen-bond donors (Lipinski definition) is 2. The van der Waals surface area contributed by atoms with Crippen molar-refractivity contribution >= 4 is 23.9 Å². The number of ether oxygens (including phenoxy) is 4. The van der Waals surface area contributed by atoms with Crippen molar-refractivity contribution in [2.24, 2.45) is 5.92 Å². The summed E-state index contributed by atoms with van der Waals surface area (Å²) in [5, 5.41) is 6.15. The van der Waals surface area contributed by atoms with Crippen molar-refractivity contribution in [1.82, 2.24) is 10.6 Å². The fraction of sp³-hybridized carbons (Fsp3) is 0.818. The molecule has 0 aliphatic heterocycles. The Labute approximate surface area is 191 Å². The smallest absolute Gasteiger partial charge is 0.323 e. The third kappa shape index (κ3) is 14.0. The van der Waals surface area contributed by atoms with E-state index in [-0.39, 0.29) is 45.2 Å². The van der Waals surface area contributed by atoms with Gasteiger partial charge in [-0.15, -0.1) is 0 Å². The van der Waals surface area contributed by atoms with Crippen molar-refractivity contribution in [3.05, 3.63) is 0 Å². The largest absolute Gasteiger partial charge is 0.466 e. The van der Waals surface area contributed by atoms with Crippen LogP contribution in [0.5, 0.6) is 0 Å². The van der Waals surface area contributed by atoms with Crippen LogP contribution in [-0.4, -0.2) is 75.5 Å². The van der Waals surface area contributed by atoms with Crippen molar-refractivity contribution < 1.29 is 38.1 Å². The van der Waals surface area contributed by atoms with E-state index in [9.17, 15) is 19.2 Å². The first-order valence-corrected chi connectivity index (χ1v) is 11.4. The molecule has 0 aromatic rings. The van der Waals surface area contributed by atoms with E-state index in [0.29, 0.717) is 13.1 Å². The fourth-order valence-corrected chi connectivity index (χ4v) is 2.91. The molecule has 0 aromatic heterocycles. The van der Waals surface area contributed by atoms with Gasteiger partial charge in [0.25, 0.3) is 0 Å². The monoisotopic (exact) mass is 460 g/mol. The number of carbonyl (C=O) groups excluding carboxylic acids is 4. The van der Waals surface area contributed by atoms with E-state index in [1.807, 2.05) is 6.92 Å². The Kier molecular flexibility index (Phi) is 17.1. The highest BCUT2D eigenvalue weighted by Gasteiger charge is 2.25. The summed E-state index contributed by atoms with van der Waals surface area (Å²) < 4.78 is 19.9. The van der Waals surface area contributed by atoms with Crippen molar-refractivity contribution in [3.63, 3.8) is 0 Å². The Morgan fingerprint density at radius 1 is 0.688 bits per heavy atom. The van der Waals surface area contributed by atoms with Crippen LogP contribution in [0.4, 0.5) is 0 Å². The minimum Gasteiger partial charge on any atom is -0.466 e. The molecule has 186 valence electrons. The molecule has 0 saturated heterocycles. The second-order valence-electron chi connectivity index (χ2n) is 7.24. The summed E-state index contributed by atoms with van der Waals surface area (Å²) in [6, 6.07) is -1.51. The van der Waals surface area contributed by atoms with Crippen LogP contribution < -0.4 is 10.6 Å². The molecule has 10 nitrogen and oxygen atoms in total. The Morgan fingerprint density at radius 3 is 1.56 bits per heavy atom. The summed E-state index contributed by atoms with van der Waals surface area (Å²) in [6.07, 6.45) is 1.36. The van der Waals surface area contributed by atoms with E-state index in [1.165, 1.54) is 0 Å². The molecule has 0 spiro atoms. The summed E-state index contributed by atoms with van der Waals surface area (Å²) in [7, 11) is 0. The van der Waals surface area contributed by atoms with E-state index in [1.54, 1.807) is 27.7 Å². The first-order valence-electron chi connectivity index (χ1n) is 11.4. The third-order valence-electron chi connectivity index (χ3n) is 4.47. The summed E-state index contributed by atoms with van der Waals surface area (Å²) >= 11 is 0. The van der Waals surface area contributed by atoms with Crippen LogP contribution in [0.3, 0.4) is 0 Å². The lowest BCUT2D eigenvalue weighted by Gasteiger charge is -2.20. The highest BCUT2D eigenvalue weighted by molar-refractivity contribution is 5.83. The van der Waals surface area contributed by atoms with Gasteiger partial charge < -0.3 is 29.6 Å². The van der Waals surface area contributed by atoms with Crippen LogP contribution >= 0.6 is 0 Å². The summed E-state index contributed by atoms with van der Waals surface area (Å²) in [4.78, 5) is 47.6. The van der Waals surface area contributed by atoms with Gasteiger partial charge in [-0.2, -0.15) is 0 Å². The standard InChI is InChI=1S/C22H40N2O8/c1-6-29-19(25)13-17(21(27)31-8-3)23-12-10-11-16(5)15-24-18(22(28)32-9-4)14-20(26)30-7-2/h16-18,23-24H,6-15H2,1-5H3/t16?,17-,18-/m0/s1. The molecule has 0 aliphatic carbocycles. The number of esters is 4. The van der Waals surface area contributed by atoms with Crippen molar-refractivity contribution in [1.29, 1.82) is 0 Å². The SMILES string of the molecule is CCOC(=O)C[C@H](NCCCC(C)CN[C@@H](CC(=O)OCC)C(=O)OCC)C(=O)OCC. The Morgan fingerprint density at radius 2 is 1.12 bits per heavy atom. The maximum absolute atomic E-state index is 12.1. The molecule has 10 heteroatoms. The van der Waals surface area contributed by atoms with Gasteiger partial charge in [0.15, 0.2) is 0 Å². The molecule has 0 rings (SSSR count). The average Bonchev–Trinajstić information content (AvgIpc) is 2.73. The van der Waals surface area contributed by atoms with Crippen molar-refractivity contribution in [2.45, 2.75) is 72.4 Å². The Hall–Kier alpha value is -2.20. The molecular weight excluding hydrogens is 420 g/mol. The molecule has 2 N–H and O–H groups in total. The summed E-state index contributed by atoms with van der Waals surface area (Å²) in [5.74, 6) is -1.68. The second-order valence-corrected chi connectivity index (χ2v) is 7.24. The molecule has 0 amide bonds. The van der Waals surface area contributed by atoms with Crippen LogP contribution in [0, 0.1) is 5.92 Å². The third-order valence-corrected chi connectivity index (χ3v) is 4.47. The summed E-state index contributed by atoms with van der Waals surface area (Å²) in [5.41, 5.74) is 0. The van der Waals surface area contributed by atoms with Gasteiger partial charge in [-0.1, -0.05) is 6.92 Å². The molecule has 0 bridgehead atoms.